The second-order valence-electron chi connectivity index (χ2n) is 9.79. The molecule has 0 fully saturated rings. The van der Waals surface area contributed by atoms with Gasteiger partial charge in [-0.05, 0) is 61.3 Å². The molecule has 2 N–H and O–H groups in total. The van der Waals surface area contributed by atoms with Crippen molar-refractivity contribution in [1.29, 1.82) is 5.26 Å². The first-order chi connectivity index (χ1) is 16.2. The van der Waals surface area contributed by atoms with E-state index in [-0.39, 0.29) is 16.9 Å². The number of carbonyl (C=O) groups is 1. The van der Waals surface area contributed by atoms with E-state index < -0.39 is 5.25 Å². The Morgan fingerprint density at radius 1 is 1.29 bits per heavy atom. The molecule has 2 unspecified atom stereocenters. The van der Waals surface area contributed by atoms with Crippen molar-refractivity contribution < 1.29 is 4.79 Å². The highest BCUT2D eigenvalue weighted by atomic mass is 32.2. The lowest BCUT2D eigenvalue weighted by molar-refractivity contribution is -0.115. The second-order valence-corrected chi connectivity index (χ2v) is 11.1. The highest BCUT2D eigenvalue weighted by Gasteiger charge is 2.30. The number of H-pyrrole nitrogens is 1. The standard InChI is InChI=1S/C26H29N5O2S/c1-16(24(33)29-22-14-23(32)31(30-22)20-8-6-5-7-9-20)34-25-18(15-27)12-17-13-19(26(2,3)4)10-11-21(17)28-25/h5-9,12,14,16,19,30H,10-11,13H2,1-4H3,(H,29,33). The maximum absolute atomic E-state index is 12.8. The number of para-hydroxylation sites is 1. The van der Waals surface area contributed by atoms with Crippen molar-refractivity contribution in [3.8, 4) is 11.8 Å². The summed E-state index contributed by atoms with van der Waals surface area (Å²) in [6, 6.07) is 14.7. The minimum absolute atomic E-state index is 0.213. The highest BCUT2D eigenvalue weighted by molar-refractivity contribution is 8.00. The zero-order chi connectivity index (χ0) is 24.5. The lowest BCUT2D eigenvalue weighted by atomic mass is 9.71. The van der Waals surface area contributed by atoms with Crippen LogP contribution >= 0.6 is 11.8 Å². The van der Waals surface area contributed by atoms with E-state index in [4.69, 9.17) is 4.98 Å². The van der Waals surface area contributed by atoms with Crippen LogP contribution in [0.3, 0.4) is 0 Å². The van der Waals surface area contributed by atoms with Gasteiger partial charge in [-0.25, -0.2) is 9.67 Å². The first-order valence-corrected chi connectivity index (χ1v) is 12.3. The second kappa shape index (κ2) is 9.51. The van der Waals surface area contributed by atoms with E-state index in [1.54, 1.807) is 19.1 Å². The van der Waals surface area contributed by atoms with Gasteiger partial charge in [0, 0.05) is 11.8 Å². The molecule has 0 saturated heterocycles. The predicted octanol–water partition coefficient (Wildman–Crippen LogP) is 4.70. The molecule has 0 radical (unpaired) electrons. The fourth-order valence-electron chi connectivity index (χ4n) is 4.24. The normalized spacial score (nSPS) is 16.4. The maximum Gasteiger partial charge on any atom is 0.273 e. The Bertz CT molecular complexity index is 1300. The number of nitrogens with one attached hydrogen (secondary N) is 2. The zero-order valence-corrected chi connectivity index (χ0v) is 20.7. The van der Waals surface area contributed by atoms with E-state index in [1.165, 1.54) is 22.5 Å². The van der Waals surface area contributed by atoms with E-state index >= 15 is 0 Å². The molecule has 3 aromatic rings. The number of hydrogen-bond donors (Lipinski definition) is 2. The SMILES string of the molecule is CC(Sc1nc2c(cc1C#N)CC(C(C)(C)C)CC2)C(=O)Nc1cc(=O)n(-c2ccccc2)[nH]1. The van der Waals surface area contributed by atoms with Gasteiger partial charge in [0.1, 0.15) is 16.9 Å². The Kier molecular flexibility index (Phi) is 6.67. The Morgan fingerprint density at radius 3 is 2.71 bits per heavy atom. The number of benzene rings is 1. The Balaban J connectivity index is 1.48. The number of pyridine rings is 1. The fraction of sp³-hybridized carbons (Fsp3) is 0.385. The molecule has 0 saturated carbocycles. The molecule has 1 amide bonds. The van der Waals surface area contributed by atoms with Crippen molar-refractivity contribution >= 4 is 23.5 Å². The van der Waals surface area contributed by atoms with Crippen LogP contribution in [0.25, 0.3) is 5.69 Å². The number of carbonyl (C=O) groups excluding carboxylic acids is 1. The topological polar surface area (TPSA) is 104 Å². The molecular formula is C26H29N5O2S. The first kappa shape index (κ1) is 23.8. The van der Waals surface area contributed by atoms with E-state index in [1.807, 2.05) is 24.3 Å². The number of amides is 1. The number of rotatable bonds is 5. The van der Waals surface area contributed by atoms with Crippen molar-refractivity contribution in [3.05, 3.63) is 69.6 Å². The summed E-state index contributed by atoms with van der Waals surface area (Å²) in [7, 11) is 0. The average molecular weight is 476 g/mol. The minimum Gasteiger partial charge on any atom is -0.310 e. The van der Waals surface area contributed by atoms with Crippen LogP contribution in [-0.4, -0.2) is 25.9 Å². The number of aryl methyl sites for hydroxylation is 1. The van der Waals surface area contributed by atoms with E-state index in [2.05, 4.69) is 37.3 Å². The summed E-state index contributed by atoms with van der Waals surface area (Å²) in [6.07, 6.45) is 2.87. The van der Waals surface area contributed by atoms with Crippen molar-refractivity contribution in [2.45, 2.75) is 57.2 Å². The van der Waals surface area contributed by atoms with Crippen molar-refractivity contribution in [3.63, 3.8) is 0 Å². The van der Waals surface area contributed by atoms with Crippen LogP contribution < -0.4 is 10.9 Å². The van der Waals surface area contributed by atoms with Gasteiger partial charge in [0.15, 0.2) is 0 Å². The van der Waals surface area contributed by atoms with Gasteiger partial charge in [-0.2, -0.15) is 5.26 Å². The number of aromatic amines is 1. The van der Waals surface area contributed by atoms with E-state index in [0.717, 1.165) is 30.5 Å². The number of aromatic nitrogens is 3. The van der Waals surface area contributed by atoms with Crippen LogP contribution in [0.5, 0.6) is 0 Å². The van der Waals surface area contributed by atoms with Gasteiger partial charge in [0.2, 0.25) is 5.91 Å². The largest absolute Gasteiger partial charge is 0.310 e. The Hall–Kier alpha value is -3.31. The molecular weight excluding hydrogens is 446 g/mol. The van der Waals surface area contributed by atoms with Crippen LogP contribution in [0.2, 0.25) is 0 Å². The number of fused-ring (bicyclic) bond motifs is 1. The molecule has 2 aromatic heterocycles. The maximum atomic E-state index is 12.8. The van der Waals surface area contributed by atoms with Gasteiger partial charge < -0.3 is 5.32 Å². The summed E-state index contributed by atoms with van der Waals surface area (Å²) >= 11 is 1.26. The highest BCUT2D eigenvalue weighted by Crippen LogP contribution is 2.38. The predicted molar refractivity (Wildman–Crippen MR) is 134 cm³/mol. The Morgan fingerprint density at radius 2 is 2.03 bits per heavy atom. The molecule has 0 bridgehead atoms. The summed E-state index contributed by atoms with van der Waals surface area (Å²) in [4.78, 5) is 29.9. The molecule has 1 aliphatic carbocycles. The zero-order valence-electron chi connectivity index (χ0n) is 19.9. The molecule has 0 spiro atoms. The third-order valence-corrected chi connectivity index (χ3v) is 7.45. The van der Waals surface area contributed by atoms with Gasteiger partial charge in [-0.3, -0.25) is 14.7 Å². The number of nitriles is 1. The first-order valence-electron chi connectivity index (χ1n) is 11.4. The molecule has 0 aliphatic heterocycles. The Labute approximate surface area is 203 Å². The van der Waals surface area contributed by atoms with Crippen LogP contribution in [0.15, 0.2) is 52.3 Å². The van der Waals surface area contributed by atoms with Gasteiger partial charge in [0.05, 0.1) is 16.5 Å². The van der Waals surface area contributed by atoms with Gasteiger partial charge in [-0.15, -0.1) is 0 Å². The molecule has 34 heavy (non-hydrogen) atoms. The summed E-state index contributed by atoms with van der Waals surface area (Å²) in [6.45, 7) is 8.54. The molecule has 8 heteroatoms. The van der Waals surface area contributed by atoms with Crippen molar-refractivity contribution in [1.82, 2.24) is 14.8 Å². The molecule has 2 heterocycles. The smallest absolute Gasteiger partial charge is 0.273 e. The van der Waals surface area contributed by atoms with E-state index in [0.29, 0.717) is 28.0 Å². The number of thioether (sulfide) groups is 1. The third-order valence-electron chi connectivity index (χ3n) is 6.35. The monoisotopic (exact) mass is 475 g/mol. The molecule has 2 atom stereocenters. The lowest BCUT2D eigenvalue weighted by Gasteiger charge is -2.34. The molecule has 176 valence electrons. The van der Waals surface area contributed by atoms with Crippen LogP contribution in [0.1, 0.15) is 50.9 Å². The summed E-state index contributed by atoms with van der Waals surface area (Å²) in [5.41, 5.74) is 3.30. The van der Waals surface area contributed by atoms with Crippen LogP contribution in [0, 0.1) is 22.7 Å². The summed E-state index contributed by atoms with van der Waals surface area (Å²) in [5, 5.41) is 15.5. The molecule has 1 aromatic carbocycles. The van der Waals surface area contributed by atoms with Gasteiger partial charge in [-0.1, -0.05) is 50.7 Å². The van der Waals surface area contributed by atoms with Crippen molar-refractivity contribution in [2.24, 2.45) is 11.3 Å². The van der Waals surface area contributed by atoms with E-state index in [9.17, 15) is 14.9 Å². The minimum atomic E-state index is -0.507. The van der Waals surface area contributed by atoms with Crippen LogP contribution in [-0.2, 0) is 17.6 Å². The van der Waals surface area contributed by atoms with Crippen LogP contribution in [0.4, 0.5) is 5.82 Å². The molecule has 1 aliphatic rings. The molecule has 4 rings (SSSR count). The number of nitrogens with zero attached hydrogens (tertiary/aromatic N) is 3. The fourth-order valence-corrected chi connectivity index (χ4v) is 5.13. The van der Waals surface area contributed by atoms with Crippen molar-refractivity contribution in [2.75, 3.05) is 5.32 Å². The quantitative estimate of drug-likeness (QED) is 0.521. The average Bonchev–Trinajstić information content (AvgIpc) is 3.17. The van der Waals surface area contributed by atoms with Gasteiger partial charge in [0.25, 0.3) is 5.56 Å². The summed E-state index contributed by atoms with van der Waals surface area (Å²) in [5.74, 6) is 0.600. The lowest BCUT2D eigenvalue weighted by Crippen LogP contribution is -2.28. The summed E-state index contributed by atoms with van der Waals surface area (Å²) < 4.78 is 1.37. The number of hydrogen-bond acceptors (Lipinski definition) is 5. The third kappa shape index (κ3) is 5.10. The number of anilines is 1. The van der Waals surface area contributed by atoms with Gasteiger partial charge >= 0.3 is 0 Å². The molecule has 7 nitrogen and oxygen atoms in total.